The largest absolute Gasteiger partial charge is 0.433 e. The van der Waals surface area contributed by atoms with Gasteiger partial charge in [-0.3, -0.25) is 14.4 Å². The van der Waals surface area contributed by atoms with E-state index in [0.29, 0.717) is 40.6 Å². The van der Waals surface area contributed by atoms with Gasteiger partial charge in [0.2, 0.25) is 15.9 Å². The number of hydrogen-bond acceptors (Lipinski definition) is 11. The molecule has 0 bridgehead atoms. The van der Waals surface area contributed by atoms with E-state index in [9.17, 15) is 39.6 Å². The summed E-state index contributed by atoms with van der Waals surface area (Å²) in [6, 6.07) is 17.8. The lowest BCUT2D eigenvalue weighted by Crippen LogP contribution is -2.44. The van der Waals surface area contributed by atoms with Crippen molar-refractivity contribution >= 4 is 76.5 Å². The Kier molecular flexibility index (Phi) is 12.8. The fraction of sp³-hybridized carbons (Fsp3) is 0.277. The monoisotopic (exact) mass is 979 g/mol. The standard InChI is InChI=1S/C47H44F7N9O3S2/c1-23(2)22-63-24(3)8-15-36(63)44(64)58-34-19-27(46(49,50)51)11-12-29(34)40-39(30-7-5-6-26-10-17-38(55)61-41(26)30)31(20-35-42(40)67-45(56)59-35)28-13-16-37(47(52,53)54)60-43(28)57-21-25-9-14-33(32(48)18-25)62-68(4,65)66/h5-7,9-14,16-20,23-24,36,62H,8,15,21-22H2,1-4H3,(H2,55,61)(H2,56,59)(H,57,60)(H,58,64)/t24?,36-/m0/s1. The second-order valence-corrected chi connectivity index (χ2v) is 19.9. The molecule has 1 amide bonds. The summed E-state index contributed by atoms with van der Waals surface area (Å²) in [4.78, 5) is 29.7. The third-order valence-electron chi connectivity index (χ3n) is 11.6. The zero-order valence-electron chi connectivity index (χ0n) is 36.8. The molecule has 2 atom stereocenters. The van der Waals surface area contributed by atoms with Crippen LogP contribution >= 0.6 is 11.3 Å². The molecule has 1 unspecified atom stereocenters. The average Bonchev–Trinajstić information content (AvgIpc) is 3.81. The normalized spacial score (nSPS) is 15.9. The van der Waals surface area contributed by atoms with Crippen LogP contribution in [0.4, 0.5) is 58.9 Å². The minimum atomic E-state index is -4.94. The van der Waals surface area contributed by atoms with Gasteiger partial charge in [0.1, 0.15) is 23.1 Å². The summed E-state index contributed by atoms with van der Waals surface area (Å²) in [5.74, 6) is -1.54. The molecule has 21 heteroatoms. The number of benzene rings is 4. The van der Waals surface area contributed by atoms with Crippen molar-refractivity contribution in [1.29, 1.82) is 0 Å². The molecule has 1 aliphatic rings. The number of para-hydroxylation sites is 1. The Bertz CT molecular complexity index is 3220. The highest BCUT2D eigenvalue weighted by Crippen LogP contribution is 2.52. The number of halogens is 7. The number of fused-ring (bicyclic) bond motifs is 2. The van der Waals surface area contributed by atoms with Crippen LogP contribution in [-0.2, 0) is 33.7 Å². The molecular weight excluding hydrogens is 936 g/mol. The van der Waals surface area contributed by atoms with Gasteiger partial charge < -0.3 is 22.1 Å². The van der Waals surface area contributed by atoms with E-state index in [4.69, 9.17) is 11.5 Å². The zero-order valence-corrected chi connectivity index (χ0v) is 38.4. The summed E-state index contributed by atoms with van der Waals surface area (Å²) in [6.07, 6.45) is -7.79. The number of nitrogen functional groups attached to an aromatic ring is 2. The number of nitrogens with two attached hydrogens (primary N) is 2. The minimum absolute atomic E-state index is 0.0268. The van der Waals surface area contributed by atoms with Crippen LogP contribution in [-0.4, -0.2) is 59.1 Å². The second-order valence-electron chi connectivity index (χ2n) is 17.1. The number of pyridine rings is 2. The van der Waals surface area contributed by atoms with Gasteiger partial charge in [0.15, 0.2) is 5.13 Å². The molecule has 0 radical (unpaired) electrons. The number of sulfonamides is 1. The van der Waals surface area contributed by atoms with E-state index in [1.54, 1.807) is 36.4 Å². The molecule has 0 saturated carbocycles. The van der Waals surface area contributed by atoms with Crippen molar-refractivity contribution in [2.24, 2.45) is 5.92 Å². The Morgan fingerprint density at radius 3 is 2.28 bits per heavy atom. The lowest BCUT2D eigenvalue weighted by molar-refractivity contribution is -0.141. The number of anilines is 5. The maximum atomic E-state index is 15.2. The van der Waals surface area contributed by atoms with Crippen molar-refractivity contribution in [3.05, 3.63) is 108 Å². The number of carbonyl (C=O) groups is 1. The average molecular weight is 980 g/mol. The molecule has 68 heavy (non-hydrogen) atoms. The highest BCUT2D eigenvalue weighted by atomic mass is 32.2. The maximum Gasteiger partial charge on any atom is 0.433 e. The first-order chi connectivity index (χ1) is 31.9. The van der Waals surface area contributed by atoms with E-state index in [1.807, 2.05) is 25.7 Å². The van der Waals surface area contributed by atoms with Crippen molar-refractivity contribution < 1.29 is 43.9 Å². The lowest BCUT2D eigenvalue weighted by Gasteiger charge is -2.29. The van der Waals surface area contributed by atoms with Gasteiger partial charge in [-0.1, -0.05) is 55.5 Å². The number of nitrogens with zero attached hydrogens (tertiary/aromatic N) is 4. The van der Waals surface area contributed by atoms with E-state index >= 15 is 4.39 Å². The molecule has 356 valence electrons. The van der Waals surface area contributed by atoms with Gasteiger partial charge in [0.05, 0.1) is 39.3 Å². The number of alkyl halides is 6. The fourth-order valence-electron chi connectivity index (χ4n) is 8.61. The van der Waals surface area contributed by atoms with Gasteiger partial charge in [0, 0.05) is 58.0 Å². The molecule has 3 aromatic heterocycles. The van der Waals surface area contributed by atoms with E-state index < -0.39 is 51.4 Å². The number of hydrogen-bond donors (Lipinski definition) is 5. The van der Waals surface area contributed by atoms with Crippen molar-refractivity contribution in [1.82, 2.24) is 19.9 Å². The molecule has 4 aromatic carbocycles. The second kappa shape index (κ2) is 18.1. The van der Waals surface area contributed by atoms with E-state index in [2.05, 4.69) is 30.3 Å². The topological polar surface area (TPSA) is 181 Å². The Hall–Kier alpha value is -6.58. The van der Waals surface area contributed by atoms with Crippen molar-refractivity contribution in [2.75, 3.05) is 39.6 Å². The van der Waals surface area contributed by atoms with Crippen molar-refractivity contribution in [3.8, 4) is 33.4 Å². The summed E-state index contributed by atoms with van der Waals surface area (Å²) in [5, 5.41) is 6.39. The Labute approximate surface area is 390 Å². The molecule has 1 saturated heterocycles. The number of thiazole rings is 1. The highest BCUT2D eigenvalue weighted by molar-refractivity contribution is 7.92. The van der Waals surface area contributed by atoms with Crippen LogP contribution in [0, 0.1) is 11.7 Å². The van der Waals surface area contributed by atoms with Gasteiger partial charge in [0.25, 0.3) is 0 Å². The first-order valence-electron chi connectivity index (χ1n) is 21.2. The van der Waals surface area contributed by atoms with Gasteiger partial charge in [-0.05, 0) is 91.4 Å². The highest BCUT2D eigenvalue weighted by Gasteiger charge is 2.38. The van der Waals surface area contributed by atoms with Gasteiger partial charge >= 0.3 is 12.4 Å². The maximum absolute atomic E-state index is 15.2. The Morgan fingerprint density at radius 2 is 1.59 bits per heavy atom. The van der Waals surface area contributed by atoms with Crippen LogP contribution in [0.3, 0.4) is 0 Å². The first kappa shape index (κ1) is 47.9. The molecule has 7 aromatic rings. The molecule has 1 fully saturated rings. The molecule has 7 N–H and O–H groups in total. The van der Waals surface area contributed by atoms with Crippen LogP contribution < -0.4 is 26.8 Å². The smallest absolute Gasteiger partial charge is 0.384 e. The molecule has 1 aliphatic heterocycles. The van der Waals surface area contributed by atoms with E-state index in [1.165, 1.54) is 18.2 Å². The lowest BCUT2D eigenvalue weighted by atomic mass is 9.85. The van der Waals surface area contributed by atoms with E-state index in [-0.39, 0.29) is 85.5 Å². The number of likely N-dealkylation sites (tertiary alicyclic amines) is 1. The minimum Gasteiger partial charge on any atom is -0.384 e. The number of amides is 1. The molecule has 12 nitrogen and oxygen atoms in total. The summed E-state index contributed by atoms with van der Waals surface area (Å²) in [5.41, 5.74) is 11.6. The summed E-state index contributed by atoms with van der Waals surface area (Å²) >= 11 is 1.01. The van der Waals surface area contributed by atoms with Crippen molar-refractivity contribution in [3.63, 3.8) is 0 Å². The number of nitrogens with one attached hydrogen (secondary N) is 3. The molecule has 8 rings (SSSR count). The van der Waals surface area contributed by atoms with Gasteiger partial charge in [-0.15, -0.1) is 0 Å². The predicted octanol–water partition coefficient (Wildman–Crippen LogP) is 11.0. The van der Waals surface area contributed by atoms with Crippen LogP contribution in [0.25, 0.3) is 54.5 Å². The quantitative estimate of drug-likeness (QED) is 0.0739. The van der Waals surface area contributed by atoms with Crippen LogP contribution in [0.1, 0.15) is 50.4 Å². The summed E-state index contributed by atoms with van der Waals surface area (Å²) in [6.45, 7) is 6.25. The Morgan fingerprint density at radius 1 is 0.838 bits per heavy atom. The summed E-state index contributed by atoms with van der Waals surface area (Å²) in [7, 11) is -3.85. The van der Waals surface area contributed by atoms with Crippen LogP contribution in [0.15, 0.2) is 84.9 Å². The third kappa shape index (κ3) is 10.00. The van der Waals surface area contributed by atoms with Crippen LogP contribution in [0.2, 0.25) is 0 Å². The molecule has 0 spiro atoms. The zero-order chi connectivity index (χ0) is 49.0. The fourth-order valence-corrected chi connectivity index (χ4v) is 10.1. The molecular formula is C47H44F7N9O3S2. The predicted molar refractivity (Wildman–Crippen MR) is 253 cm³/mol. The first-order valence-corrected chi connectivity index (χ1v) is 23.9. The summed E-state index contributed by atoms with van der Waals surface area (Å²) < 4.78 is 129. The van der Waals surface area contributed by atoms with E-state index in [0.717, 1.165) is 47.9 Å². The number of rotatable bonds is 12. The molecule has 4 heterocycles. The van der Waals surface area contributed by atoms with Crippen molar-refractivity contribution in [2.45, 2.75) is 64.6 Å². The number of carbonyl (C=O) groups excluding carboxylic acids is 1. The third-order valence-corrected chi connectivity index (χ3v) is 13.1. The number of aromatic nitrogens is 3. The van der Waals surface area contributed by atoms with Crippen LogP contribution in [0.5, 0.6) is 0 Å². The molecule has 0 aliphatic carbocycles. The Balaban J connectivity index is 1.41. The van der Waals surface area contributed by atoms with Gasteiger partial charge in [-0.25, -0.2) is 27.8 Å². The SMILES string of the molecule is CC(C)CN1C(C)CC[C@H]1C(=O)Nc1cc(C(F)(F)F)ccc1-c1c(-c2cccc3ccc(N)nc23)c(-c2ccc(C(F)(F)F)nc2NCc2ccc(NS(C)(=O)=O)c(F)c2)cc2nc(N)sc12. The van der Waals surface area contributed by atoms with Gasteiger partial charge in [-0.2, -0.15) is 26.3 Å².